The Morgan fingerprint density at radius 1 is 1.00 bits per heavy atom. The van der Waals surface area contributed by atoms with E-state index in [-0.39, 0.29) is 35.7 Å². The molecule has 0 rings (SSSR count). The van der Waals surface area contributed by atoms with Crippen LogP contribution in [-0.2, 0) is 0 Å². The molecule has 0 bridgehead atoms. The number of quaternary nitrogens is 1. The number of hydrogen-bond donors (Lipinski definition) is 1. The Balaban J connectivity index is -0.0000000450. The van der Waals surface area contributed by atoms with Crippen LogP contribution < -0.4 is 20.1 Å². The van der Waals surface area contributed by atoms with Crippen molar-refractivity contribution in [2.75, 3.05) is 0 Å². The van der Waals surface area contributed by atoms with E-state index < -0.39 is 10.8 Å². The van der Waals surface area contributed by atoms with Gasteiger partial charge in [0.25, 0.3) is 0 Å². The minimum atomic E-state index is -2.85. The van der Waals surface area contributed by atoms with Crippen LogP contribution in [0.2, 0.25) is 0 Å². The van der Waals surface area contributed by atoms with Crippen LogP contribution in [0.15, 0.2) is 0 Å². The van der Waals surface area contributed by atoms with Gasteiger partial charge in [0.1, 0.15) is 0 Å². The molecule has 0 aliphatic carbocycles. The monoisotopic (exact) mass is 124 g/mol. The second-order valence-corrected chi connectivity index (χ2v) is 0.567. The quantitative estimate of drug-likeness (QED) is 0.338. The van der Waals surface area contributed by atoms with Gasteiger partial charge in [0.2, 0.25) is 0 Å². The molecule has 0 fully saturated rings. The fourth-order valence-corrected chi connectivity index (χ4v) is 0. The average Bonchev–Trinajstić information content (AvgIpc) is 0.811. The zero-order valence-corrected chi connectivity index (χ0v) is 6.36. The molecular formula is H4ClNNaO3. The predicted octanol–water partition coefficient (Wildman–Crippen LogP) is -3.57. The second kappa shape index (κ2) is 9.46. The number of halogens is 1. The summed E-state index contributed by atoms with van der Waals surface area (Å²) in [5.41, 5.74) is 0. The minimum Gasteiger partial charge on any atom is -0.369 e. The molecule has 4 N–H and O–H groups in total. The molecule has 0 spiro atoms. The Morgan fingerprint density at radius 2 is 1.00 bits per heavy atom. The first kappa shape index (κ1) is 15.7. The van der Waals surface area contributed by atoms with E-state index in [1.807, 2.05) is 0 Å². The maximum absolute atomic E-state index is 8.41. The third-order valence-corrected chi connectivity index (χ3v) is 0. The first-order chi connectivity index (χ1) is 1.73. The van der Waals surface area contributed by atoms with Crippen LogP contribution >= 0.6 is 0 Å². The normalized spacial score (nSPS) is 6.00. The SMILES string of the molecule is [NH4+].[Na].[O-][Cl+2]([O-])[O-]. The van der Waals surface area contributed by atoms with Crippen molar-refractivity contribution in [2.24, 2.45) is 0 Å². The first-order valence-corrected chi connectivity index (χ1v) is 1.39. The van der Waals surface area contributed by atoms with Crippen molar-refractivity contribution in [1.29, 1.82) is 0 Å². The van der Waals surface area contributed by atoms with E-state index in [4.69, 9.17) is 14.0 Å². The van der Waals surface area contributed by atoms with Crippen molar-refractivity contribution in [3.8, 4) is 0 Å². The molecule has 0 aromatic heterocycles. The van der Waals surface area contributed by atoms with Gasteiger partial charge in [-0.2, -0.15) is 0 Å². The van der Waals surface area contributed by atoms with E-state index >= 15 is 0 Å². The molecule has 6 heteroatoms. The van der Waals surface area contributed by atoms with E-state index in [1.165, 1.54) is 0 Å². The molecular weight excluding hydrogens is 120 g/mol. The van der Waals surface area contributed by atoms with Crippen LogP contribution in [0.4, 0.5) is 0 Å². The first-order valence-electron chi connectivity index (χ1n) is 0.463. The van der Waals surface area contributed by atoms with Crippen molar-refractivity contribution in [2.45, 2.75) is 0 Å². The second-order valence-electron chi connectivity index (χ2n) is 0.189. The fraction of sp³-hybridized carbons (Fsp3) is 0. The van der Waals surface area contributed by atoms with Crippen LogP contribution in [0, 0.1) is 10.8 Å². The molecule has 0 saturated carbocycles. The van der Waals surface area contributed by atoms with Gasteiger partial charge in [-0.3, -0.25) is 0 Å². The zero-order valence-electron chi connectivity index (χ0n) is 3.60. The van der Waals surface area contributed by atoms with Crippen molar-refractivity contribution in [1.82, 2.24) is 6.15 Å². The van der Waals surface area contributed by atoms with Gasteiger partial charge < -0.3 is 20.1 Å². The predicted molar refractivity (Wildman–Crippen MR) is 11.7 cm³/mol. The molecule has 6 heavy (non-hydrogen) atoms. The van der Waals surface area contributed by atoms with Gasteiger partial charge in [-0.05, 0) is 0 Å². The van der Waals surface area contributed by atoms with E-state index in [9.17, 15) is 0 Å². The third kappa shape index (κ3) is 68.5. The summed E-state index contributed by atoms with van der Waals surface area (Å²) >= 11 is 0. The minimum absolute atomic E-state index is 0. The average molecular weight is 124 g/mol. The molecule has 0 aliphatic rings. The maximum Gasteiger partial charge on any atom is 0.0695 e. The summed E-state index contributed by atoms with van der Waals surface area (Å²) in [5.74, 6) is 0. The van der Waals surface area contributed by atoms with E-state index in [1.54, 1.807) is 0 Å². The van der Waals surface area contributed by atoms with Gasteiger partial charge >= 0.3 is 0 Å². The van der Waals surface area contributed by atoms with E-state index in [0.717, 1.165) is 0 Å². The molecule has 0 atom stereocenters. The molecule has 0 saturated heterocycles. The summed E-state index contributed by atoms with van der Waals surface area (Å²) in [4.78, 5) is 0. The van der Waals surface area contributed by atoms with Gasteiger partial charge in [0.15, 0.2) is 0 Å². The molecule has 0 aromatic rings. The van der Waals surface area contributed by atoms with Gasteiger partial charge in [-0.15, -0.1) is 0 Å². The molecule has 0 aliphatic heterocycles. The smallest absolute Gasteiger partial charge is 0.0695 e. The topological polar surface area (TPSA) is 106 Å². The molecule has 0 amide bonds. The molecule has 0 aromatic carbocycles. The van der Waals surface area contributed by atoms with Crippen LogP contribution in [0.1, 0.15) is 0 Å². The molecule has 0 unspecified atom stereocenters. The van der Waals surface area contributed by atoms with Crippen LogP contribution in [0.3, 0.4) is 0 Å². The number of hydrogen-bond acceptors (Lipinski definition) is 3. The fourth-order valence-electron chi connectivity index (χ4n) is 0. The van der Waals surface area contributed by atoms with Crippen LogP contribution in [0.5, 0.6) is 0 Å². The van der Waals surface area contributed by atoms with Crippen molar-refractivity contribution < 1.29 is 24.8 Å². The van der Waals surface area contributed by atoms with Gasteiger partial charge in [-0.25, -0.2) is 0 Å². The number of rotatable bonds is 0. The Hall–Kier alpha value is 1.13. The molecule has 35 valence electrons. The summed E-state index contributed by atoms with van der Waals surface area (Å²) in [6.07, 6.45) is 0. The van der Waals surface area contributed by atoms with Crippen molar-refractivity contribution in [3.63, 3.8) is 0 Å². The standard InChI is InChI=1S/ClO3.H3N.Na/c2-1(3)4;;/h;1H3;/q-1;;/p+1. The summed E-state index contributed by atoms with van der Waals surface area (Å²) in [5, 5.41) is 0. The summed E-state index contributed by atoms with van der Waals surface area (Å²) in [7, 11) is -2.85. The van der Waals surface area contributed by atoms with E-state index in [0.29, 0.717) is 0 Å². The third-order valence-electron chi connectivity index (χ3n) is 0. The molecule has 4 nitrogen and oxygen atoms in total. The van der Waals surface area contributed by atoms with Crippen LogP contribution in [-0.4, -0.2) is 29.6 Å². The maximum atomic E-state index is 8.41. The van der Waals surface area contributed by atoms with Gasteiger partial charge in [-0.1, -0.05) is 0 Å². The Morgan fingerprint density at radius 3 is 1.00 bits per heavy atom. The van der Waals surface area contributed by atoms with E-state index in [2.05, 4.69) is 0 Å². The Labute approximate surface area is 60.4 Å². The summed E-state index contributed by atoms with van der Waals surface area (Å²) in [6, 6.07) is 0. The molecule has 0 heterocycles. The Bertz CT molecular complexity index is 15.5. The zero-order chi connectivity index (χ0) is 3.58. The van der Waals surface area contributed by atoms with Crippen molar-refractivity contribution >= 4 is 29.6 Å². The summed E-state index contributed by atoms with van der Waals surface area (Å²) in [6.45, 7) is 0. The summed E-state index contributed by atoms with van der Waals surface area (Å²) < 4.78 is 25.2. The molecule has 1 radical (unpaired) electrons. The van der Waals surface area contributed by atoms with Gasteiger partial charge in [0, 0.05) is 29.6 Å². The Kier molecular flexibility index (Phi) is 24.8. The van der Waals surface area contributed by atoms with Crippen LogP contribution in [0.25, 0.3) is 0 Å². The largest absolute Gasteiger partial charge is 0.369 e. The van der Waals surface area contributed by atoms with Crippen molar-refractivity contribution in [3.05, 3.63) is 0 Å². The van der Waals surface area contributed by atoms with Gasteiger partial charge in [0.05, 0.1) is 10.8 Å².